The molecule has 1 N–H and O–H groups in total. The third kappa shape index (κ3) is 3.09. The molecule has 15 heavy (non-hydrogen) atoms. The summed E-state index contributed by atoms with van der Waals surface area (Å²) in [7, 11) is 1.47. The van der Waals surface area contributed by atoms with Gasteiger partial charge in [0.2, 0.25) is 0 Å². The Hall–Kier alpha value is -1.84. The number of carboxylic acids is 1. The Kier molecular flexibility index (Phi) is 3.44. The van der Waals surface area contributed by atoms with Gasteiger partial charge in [-0.25, -0.2) is 4.79 Å². The summed E-state index contributed by atoms with van der Waals surface area (Å²) in [5.41, 5.74) is 2.01. The van der Waals surface area contributed by atoms with Crippen LogP contribution in [-0.2, 0) is 16.1 Å². The first-order valence-corrected chi connectivity index (χ1v) is 4.54. The highest BCUT2D eigenvalue weighted by Gasteiger charge is 2.16. The molecule has 0 aliphatic rings. The van der Waals surface area contributed by atoms with E-state index in [0.717, 1.165) is 11.1 Å². The van der Waals surface area contributed by atoms with E-state index in [0.29, 0.717) is 6.54 Å². The molecule has 0 bridgehead atoms. The van der Waals surface area contributed by atoms with Crippen molar-refractivity contribution in [2.24, 2.45) is 0 Å². The molecule has 0 heterocycles. The van der Waals surface area contributed by atoms with Crippen molar-refractivity contribution in [3.05, 3.63) is 35.4 Å². The van der Waals surface area contributed by atoms with E-state index in [1.807, 2.05) is 31.2 Å². The molecule has 4 nitrogen and oxygen atoms in total. The lowest BCUT2D eigenvalue weighted by atomic mass is 10.1. The zero-order valence-corrected chi connectivity index (χ0v) is 8.73. The Labute approximate surface area is 88.1 Å². The van der Waals surface area contributed by atoms with Crippen molar-refractivity contribution >= 4 is 11.9 Å². The fourth-order valence-electron chi connectivity index (χ4n) is 1.32. The summed E-state index contributed by atoms with van der Waals surface area (Å²) < 4.78 is 0. The highest BCUT2D eigenvalue weighted by molar-refractivity contribution is 6.31. The van der Waals surface area contributed by atoms with E-state index in [9.17, 15) is 9.59 Å². The van der Waals surface area contributed by atoms with Gasteiger partial charge in [0, 0.05) is 13.6 Å². The monoisotopic (exact) mass is 207 g/mol. The van der Waals surface area contributed by atoms with Crippen molar-refractivity contribution in [1.29, 1.82) is 0 Å². The largest absolute Gasteiger partial charge is 0.474 e. The number of hydrogen-bond acceptors (Lipinski definition) is 2. The van der Waals surface area contributed by atoms with Crippen LogP contribution in [0, 0.1) is 6.92 Å². The van der Waals surface area contributed by atoms with Gasteiger partial charge in [0.1, 0.15) is 0 Å². The minimum atomic E-state index is -1.43. The highest BCUT2D eigenvalue weighted by atomic mass is 16.4. The highest BCUT2D eigenvalue weighted by Crippen LogP contribution is 2.06. The summed E-state index contributed by atoms with van der Waals surface area (Å²) in [4.78, 5) is 22.6. The van der Waals surface area contributed by atoms with Gasteiger partial charge in [-0.3, -0.25) is 4.79 Å². The van der Waals surface area contributed by atoms with E-state index in [1.165, 1.54) is 11.9 Å². The molecule has 0 saturated carbocycles. The standard InChI is InChI=1S/C11H13NO3/c1-8-4-3-5-9(6-8)7-12(2)10(13)11(14)15/h3-6H,7H2,1-2H3,(H,14,15). The predicted molar refractivity (Wildman–Crippen MR) is 55.3 cm³/mol. The van der Waals surface area contributed by atoms with Gasteiger partial charge >= 0.3 is 11.9 Å². The van der Waals surface area contributed by atoms with Crippen LogP contribution in [-0.4, -0.2) is 28.9 Å². The van der Waals surface area contributed by atoms with Crippen molar-refractivity contribution < 1.29 is 14.7 Å². The molecule has 1 aromatic rings. The van der Waals surface area contributed by atoms with E-state index in [1.54, 1.807) is 0 Å². The molecule has 1 aromatic carbocycles. The van der Waals surface area contributed by atoms with Crippen LogP contribution in [0.4, 0.5) is 0 Å². The van der Waals surface area contributed by atoms with Gasteiger partial charge in [0.25, 0.3) is 0 Å². The van der Waals surface area contributed by atoms with Crippen molar-refractivity contribution in [1.82, 2.24) is 4.90 Å². The van der Waals surface area contributed by atoms with Gasteiger partial charge in [-0.2, -0.15) is 0 Å². The number of likely N-dealkylation sites (N-methyl/N-ethyl adjacent to an activating group) is 1. The van der Waals surface area contributed by atoms with Crippen LogP contribution < -0.4 is 0 Å². The first kappa shape index (κ1) is 11.2. The summed E-state index contributed by atoms with van der Waals surface area (Å²) in [6.07, 6.45) is 0. The first-order valence-electron chi connectivity index (χ1n) is 4.54. The van der Waals surface area contributed by atoms with E-state index >= 15 is 0 Å². The number of nitrogens with zero attached hydrogens (tertiary/aromatic N) is 1. The normalized spacial score (nSPS) is 9.73. The average molecular weight is 207 g/mol. The van der Waals surface area contributed by atoms with Gasteiger partial charge in [0.15, 0.2) is 0 Å². The number of aliphatic carboxylic acids is 1. The van der Waals surface area contributed by atoms with Crippen LogP contribution in [0.5, 0.6) is 0 Å². The summed E-state index contributed by atoms with van der Waals surface area (Å²) >= 11 is 0. The number of rotatable bonds is 2. The molecule has 0 aliphatic heterocycles. The maximum atomic E-state index is 11.1. The van der Waals surface area contributed by atoms with Crippen molar-refractivity contribution in [3.63, 3.8) is 0 Å². The number of carboxylic acid groups (broad SMARTS) is 1. The lowest BCUT2D eigenvalue weighted by molar-refractivity contribution is -0.155. The Morgan fingerprint density at radius 1 is 1.40 bits per heavy atom. The van der Waals surface area contributed by atoms with Crippen LogP contribution >= 0.6 is 0 Å². The second-order valence-electron chi connectivity index (χ2n) is 3.46. The molecular formula is C11H13NO3. The minimum absolute atomic E-state index is 0.312. The van der Waals surface area contributed by atoms with Crippen molar-refractivity contribution in [2.45, 2.75) is 13.5 Å². The second kappa shape index (κ2) is 4.59. The molecule has 0 saturated heterocycles. The number of carbonyl (C=O) groups excluding carboxylic acids is 1. The summed E-state index contributed by atoms with van der Waals surface area (Å²) in [5, 5.41) is 8.49. The zero-order valence-electron chi connectivity index (χ0n) is 8.73. The van der Waals surface area contributed by atoms with Crippen molar-refractivity contribution in [2.75, 3.05) is 7.05 Å². The number of carbonyl (C=O) groups is 2. The van der Waals surface area contributed by atoms with Crippen LogP contribution in [0.2, 0.25) is 0 Å². The molecule has 0 spiro atoms. The fourth-order valence-corrected chi connectivity index (χ4v) is 1.32. The van der Waals surface area contributed by atoms with Gasteiger partial charge in [-0.05, 0) is 12.5 Å². The van der Waals surface area contributed by atoms with Gasteiger partial charge in [-0.15, -0.1) is 0 Å². The molecule has 80 valence electrons. The summed E-state index contributed by atoms with van der Waals surface area (Å²) in [5.74, 6) is -2.32. The molecular weight excluding hydrogens is 194 g/mol. The number of benzene rings is 1. The molecule has 4 heteroatoms. The lowest BCUT2D eigenvalue weighted by Gasteiger charge is -2.14. The predicted octanol–water partition coefficient (Wildman–Crippen LogP) is 1.04. The molecule has 0 atom stereocenters. The minimum Gasteiger partial charge on any atom is -0.474 e. The molecule has 0 unspecified atom stereocenters. The summed E-state index contributed by atoms with van der Waals surface area (Å²) in [6, 6.07) is 7.61. The number of amides is 1. The quantitative estimate of drug-likeness (QED) is 0.737. The Balaban J connectivity index is 2.70. The average Bonchev–Trinajstić information content (AvgIpc) is 2.16. The molecule has 0 aromatic heterocycles. The lowest BCUT2D eigenvalue weighted by Crippen LogP contribution is -2.32. The van der Waals surface area contributed by atoms with Crippen LogP contribution in [0.15, 0.2) is 24.3 Å². The van der Waals surface area contributed by atoms with E-state index in [-0.39, 0.29) is 0 Å². The Morgan fingerprint density at radius 2 is 2.07 bits per heavy atom. The second-order valence-corrected chi connectivity index (χ2v) is 3.46. The van der Waals surface area contributed by atoms with Crippen LogP contribution in [0.1, 0.15) is 11.1 Å². The van der Waals surface area contributed by atoms with Gasteiger partial charge in [0.05, 0.1) is 0 Å². The summed E-state index contributed by atoms with van der Waals surface area (Å²) in [6.45, 7) is 2.26. The molecule has 1 rings (SSSR count). The Morgan fingerprint density at radius 3 is 2.60 bits per heavy atom. The van der Waals surface area contributed by atoms with E-state index < -0.39 is 11.9 Å². The topological polar surface area (TPSA) is 57.6 Å². The third-order valence-electron chi connectivity index (χ3n) is 2.03. The number of aryl methyl sites for hydroxylation is 1. The smallest absolute Gasteiger partial charge is 0.394 e. The maximum Gasteiger partial charge on any atom is 0.394 e. The van der Waals surface area contributed by atoms with E-state index in [4.69, 9.17) is 5.11 Å². The molecule has 0 fully saturated rings. The molecule has 1 amide bonds. The van der Waals surface area contributed by atoms with E-state index in [2.05, 4.69) is 0 Å². The SMILES string of the molecule is Cc1cccc(CN(C)C(=O)C(=O)O)c1. The van der Waals surface area contributed by atoms with Crippen molar-refractivity contribution in [3.8, 4) is 0 Å². The Bertz CT molecular complexity index is 387. The van der Waals surface area contributed by atoms with Crippen LogP contribution in [0.25, 0.3) is 0 Å². The van der Waals surface area contributed by atoms with Gasteiger partial charge in [-0.1, -0.05) is 29.8 Å². The zero-order chi connectivity index (χ0) is 11.4. The first-order chi connectivity index (χ1) is 7.00. The molecule has 0 aliphatic carbocycles. The fraction of sp³-hybridized carbons (Fsp3) is 0.273. The van der Waals surface area contributed by atoms with Crippen LogP contribution in [0.3, 0.4) is 0 Å². The van der Waals surface area contributed by atoms with Gasteiger partial charge < -0.3 is 10.0 Å². The maximum absolute atomic E-state index is 11.1. The molecule has 0 radical (unpaired) electrons. The third-order valence-corrected chi connectivity index (χ3v) is 2.03. The number of hydrogen-bond donors (Lipinski definition) is 1.